The summed E-state index contributed by atoms with van der Waals surface area (Å²) >= 11 is 6.02. The second-order valence-electron chi connectivity index (χ2n) is 8.80. The number of rotatable bonds is 5. The first-order valence-electron chi connectivity index (χ1n) is 11.3. The number of carbonyl (C=O) groups is 2. The Morgan fingerprint density at radius 1 is 1.12 bits per heavy atom. The van der Waals surface area contributed by atoms with Gasteiger partial charge in [0.2, 0.25) is 11.8 Å². The number of hydrogen-bond acceptors (Lipinski definition) is 5. The fraction of sp³-hybridized carbons (Fsp3) is 0.400. The van der Waals surface area contributed by atoms with Crippen LogP contribution in [0.1, 0.15) is 42.5 Å². The summed E-state index contributed by atoms with van der Waals surface area (Å²) in [5.41, 5.74) is 2.75. The van der Waals surface area contributed by atoms with Crippen LogP contribution in [-0.2, 0) is 9.53 Å². The van der Waals surface area contributed by atoms with Crippen molar-refractivity contribution in [1.29, 1.82) is 0 Å². The number of oxazole rings is 1. The molecule has 33 heavy (non-hydrogen) atoms. The topological polar surface area (TPSA) is 84.7 Å². The highest BCUT2D eigenvalue weighted by Crippen LogP contribution is 2.28. The third kappa shape index (κ3) is 4.61. The molecule has 8 heteroatoms. The van der Waals surface area contributed by atoms with Gasteiger partial charge in [0.25, 0.3) is 5.91 Å². The third-order valence-electron chi connectivity index (χ3n) is 6.57. The molecule has 0 radical (unpaired) electrons. The van der Waals surface area contributed by atoms with Gasteiger partial charge in [0, 0.05) is 48.0 Å². The number of fused-ring (bicyclic) bond motifs is 1. The Bertz CT molecular complexity index is 1170. The van der Waals surface area contributed by atoms with Crippen LogP contribution in [0.15, 0.2) is 46.9 Å². The standard InChI is InChI=1S/C25H26ClN3O4/c1-29(19-10-9-18(14-19)27-23(30)21-3-2-12-32-21)25(31)16-6-4-15(5-7-16)24-28-20-11-8-17(26)13-22(20)33-24/h4-8,11,13,18-19,21H,2-3,9-10,12,14H2,1H3,(H,27,30)/t18-,19+,21-/m1/s1. The van der Waals surface area contributed by atoms with Crippen LogP contribution in [0, 0.1) is 0 Å². The summed E-state index contributed by atoms with van der Waals surface area (Å²) in [4.78, 5) is 31.7. The van der Waals surface area contributed by atoms with E-state index in [1.807, 2.05) is 25.2 Å². The molecule has 2 amide bonds. The van der Waals surface area contributed by atoms with Crippen molar-refractivity contribution in [2.75, 3.05) is 13.7 Å². The third-order valence-corrected chi connectivity index (χ3v) is 6.81. The van der Waals surface area contributed by atoms with Crippen molar-refractivity contribution >= 4 is 34.5 Å². The molecular formula is C25H26ClN3O4. The lowest BCUT2D eigenvalue weighted by Gasteiger charge is -2.25. The van der Waals surface area contributed by atoms with E-state index >= 15 is 0 Å². The van der Waals surface area contributed by atoms with E-state index in [9.17, 15) is 9.59 Å². The van der Waals surface area contributed by atoms with Gasteiger partial charge in [0.15, 0.2) is 5.58 Å². The van der Waals surface area contributed by atoms with Crippen LogP contribution >= 0.6 is 11.6 Å². The van der Waals surface area contributed by atoms with Gasteiger partial charge in [-0.1, -0.05) is 11.6 Å². The maximum absolute atomic E-state index is 13.1. The van der Waals surface area contributed by atoms with Crippen molar-refractivity contribution in [2.45, 2.75) is 50.3 Å². The minimum absolute atomic E-state index is 0.0239. The average Bonchev–Trinajstić information content (AvgIpc) is 3.58. The van der Waals surface area contributed by atoms with Gasteiger partial charge in [-0.05, 0) is 68.5 Å². The minimum atomic E-state index is -0.319. The Kier molecular flexibility index (Phi) is 6.08. The maximum atomic E-state index is 13.1. The molecule has 1 aliphatic carbocycles. The van der Waals surface area contributed by atoms with Gasteiger partial charge in [0.05, 0.1) is 0 Å². The molecule has 3 aromatic rings. The molecule has 7 nitrogen and oxygen atoms in total. The molecule has 3 atom stereocenters. The van der Waals surface area contributed by atoms with E-state index in [0.29, 0.717) is 28.7 Å². The first kappa shape index (κ1) is 21.9. The number of aromatic nitrogens is 1. The van der Waals surface area contributed by atoms with Crippen LogP contribution in [0.25, 0.3) is 22.6 Å². The van der Waals surface area contributed by atoms with Gasteiger partial charge in [-0.25, -0.2) is 4.98 Å². The van der Waals surface area contributed by atoms with E-state index in [-0.39, 0.29) is 30.0 Å². The maximum Gasteiger partial charge on any atom is 0.253 e. The smallest absolute Gasteiger partial charge is 0.253 e. The monoisotopic (exact) mass is 467 g/mol. The molecule has 172 valence electrons. The molecule has 2 fully saturated rings. The summed E-state index contributed by atoms with van der Waals surface area (Å²) in [5, 5.41) is 3.69. The van der Waals surface area contributed by atoms with E-state index in [4.69, 9.17) is 20.8 Å². The van der Waals surface area contributed by atoms with Crippen molar-refractivity contribution in [3.63, 3.8) is 0 Å². The van der Waals surface area contributed by atoms with Crippen LogP contribution in [-0.4, -0.2) is 53.5 Å². The lowest BCUT2D eigenvalue weighted by molar-refractivity contribution is -0.130. The van der Waals surface area contributed by atoms with E-state index in [0.717, 1.165) is 43.2 Å². The molecule has 0 unspecified atom stereocenters. The molecular weight excluding hydrogens is 442 g/mol. The van der Waals surface area contributed by atoms with Crippen LogP contribution < -0.4 is 5.32 Å². The summed E-state index contributed by atoms with van der Waals surface area (Å²) < 4.78 is 11.3. The van der Waals surface area contributed by atoms with Gasteiger partial charge in [-0.3, -0.25) is 9.59 Å². The van der Waals surface area contributed by atoms with Gasteiger partial charge < -0.3 is 19.4 Å². The van der Waals surface area contributed by atoms with Crippen molar-refractivity contribution in [3.05, 3.63) is 53.1 Å². The summed E-state index contributed by atoms with van der Waals surface area (Å²) in [6.07, 6.45) is 3.88. The number of nitrogens with zero attached hydrogens (tertiary/aromatic N) is 2. The predicted molar refractivity (Wildman–Crippen MR) is 125 cm³/mol. The second-order valence-corrected chi connectivity index (χ2v) is 9.23. The molecule has 5 rings (SSSR count). The molecule has 2 aromatic carbocycles. The molecule has 2 aliphatic rings. The van der Waals surface area contributed by atoms with Crippen molar-refractivity contribution in [3.8, 4) is 11.5 Å². The van der Waals surface area contributed by atoms with E-state index < -0.39 is 0 Å². The number of amides is 2. The summed E-state index contributed by atoms with van der Waals surface area (Å²) in [7, 11) is 1.83. The van der Waals surface area contributed by atoms with Crippen LogP contribution in [0.2, 0.25) is 5.02 Å². The van der Waals surface area contributed by atoms with Gasteiger partial charge in [-0.2, -0.15) is 0 Å². The molecule has 1 saturated heterocycles. The van der Waals surface area contributed by atoms with Crippen molar-refractivity contribution < 1.29 is 18.7 Å². The minimum Gasteiger partial charge on any atom is -0.436 e. The SMILES string of the molecule is CN(C(=O)c1ccc(-c2nc3ccc(Cl)cc3o2)cc1)[C@H]1CC[C@@H](NC(=O)[C@H]2CCCO2)C1. The van der Waals surface area contributed by atoms with Crippen molar-refractivity contribution in [1.82, 2.24) is 15.2 Å². The van der Waals surface area contributed by atoms with Crippen LogP contribution in [0.3, 0.4) is 0 Å². The Morgan fingerprint density at radius 2 is 1.94 bits per heavy atom. The summed E-state index contributed by atoms with van der Waals surface area (Å²) in [6, 6.07) is 12.8. The highest BCUT2D eigenvalue weighted by molar-refractivity contribution is 6.31. The fourth-order valence-corrected chi connectivity index (χ4v) is 4.83. The van der Waals surface area contributed by atoms with E-state index in [2.05, 4.69) is 10.3 Å². The van der Waals surface area contributed by atoms with Gasteiger partial charge in [0.1, 0.15) is 11.6 Å². The predicted octanol–water partition coefficient (Wildman–Crippen LogP) is 4.44. The summed E-state index contributed by atoms with van der Waals surface area (Å²) in [6.45, 7) is 0.655. The fourth-order valence-electron chi connectivity index (χ4n) is 4.67. The number of ether oxygens (including phenoxy) is 1. The zero-order chi connectivity index (χ0) is 22.9. The average molecular weight is 468 g/mol. The van der Waals surface area contributed by atoms with E-state index in [1.54, 1.807) is 29.2 Å². The zero-order valence-electron chi connectivity index (χ0n) is 18.4. The van der Waals surface area contributed by atoms with Crippen LogP contribution in [0.4, 0.5) is 0 Å². The highest BCUT2D eigenvalue weighted by Gasteiger charge is 2.33. The molecule has 0 bridgehead atoms. The molecule has 0 spiro atoms. The number of benzene rings is 2. The van der Waals surface area contributed by atoms with Crippen LogP contribution in [0.5, 0.6) is 0 Å². The molecule has 1 aromatic heterocycles. The molecule has 1 saturated carbocycles. The van der Waals surface area contributed by atoms with Crippen molar-refractivity contribution in [2.24, 2.45) is 0 Å². The Balaban J connectivity index is 1.21. The number of halogens is 1. The first-order valence-corrected chi connectivity index (χ1v) is 11.7. The first-order chi connectivity index (χ1) is 16.0. The summed E-state index contributed by atoms with van der Waals surface area (Å²) in [5.74, 6) is 0.423. The normalized spacial score (nSPS) is 22.5. The van der Waals surface area contributed by atoms with E-state index in [1.165, 1.54) is 0 Å². The second kappa shape index (κ2) is 9.15. The number of nitrogens with one attached hydrogen (secondary N) is 1. The van der Waals surface area contributed by atoms with Gasteiger partial charge >= 0.3 is 0 Å². The molecule has 2 heterocycles. The Labute approximate surface area is 197 Å². The molecule has 1 aliphatic heterocycles. The number of hydrogen-bond donors (Lipinski definition) is 1. The largest absolute Gasteiger partial charge is 0.436 e. The zero-order valence-corrected chi connectivity index (χ0v) is 19.2. The highest BCUT2D eigenvalue weighted by atomic mass is 35.5. The lowest BCUT2D eigenvalue weighted by Crippen LogP contribution is -2.41. The number of carbonyl (C=O) groups excluding carboxylic acids is 2. The Morgan fingerprint density at radius 3 is 2.70 bits per heavy atom. The quantitative estimate of drug-likeness (QED) is 0.599. The Hall–Kier alpha value is -2.90. The molecule has 1 N–H and O–H groups in total. The van der Waals surface area contributed by atoms with Gasteiger partial charge in [-0.15, -0.1) is 0 Å². The lowest BCUT2D eigenvalue weighted by atomic mass is 10.1.